The lowest BCUT2D eigenvalue weighted by molar-refractivity contribution is 0.266. The molecule has 0 aliphatic carbocycles. The number of aromatic nitrogens is 3. The molecule has 0 unspecified atom stereocenters. The van der Waals surface area contributed by atoms with Gasteiger partial charge in [0.05, 0.1) is 0 Å². The number of benzene rings is 1. The summed E-state index contributed by atoms with van der Waals surface area (Å²) < 4.78 is 0. The normalized spacial score (nSPS) is 13.4. The maximum absolute atomic E-state index is 5.83. The van der Waals surface area contributed by atoms with E-state index in [4.69, 9.17) is 5.73 Å². The number of nitrogen functional groups attached to an aromatic ring is 1. The van der Waals surface area contributed by atoms with Crippen LogP contribution in [-0.2, 0) is 0 Å². The molecule has 1 aromatic carbocycles. The zero-order chi connectivity index (χ0) is 19.2. The van der Waals surface area contributed by atoms with Crippen molar-refractivity contribution in [3.63, 3.8) is 0 Å². The summed E-state index contributed by atoms with van der Waals surface area (Å²) >= 11 is 0. The van der Waals surface area contributed by atoms with Gasteiger partial charge in [0, 0.05) is 50.0 Å². The van der Waals surface area contributed by atoms with Crippen LogP contribution in [0, 0.1) is 0 Å². The van der Waals surface area contributed by atoms with Gasteiger partial charge in [-0.05, 0) is 41.3 Å². The zero-order valence-electron chi connectivity index (χ0n) is 15.5. The predicted octanol–water partition coefficient (Wildman–Crippen LogP) is 2.92. The average Bonchev–Trinajstić information content (AvgIpc) is 3.26. The third-order valence-corrected chi connectivity index (χ3v) is 4.59. The quantitative estimate of drug-likeness (QED) is 0.548. The number of hydrogen-bond acceptors (Lipinski definition) is 7. The van der Waals surface area contributed by atoms with Gasteiger partial charge >= 0.3 is 0 Å². The maximum Gasteiger partial charge on any atom is 0.221 e. The molecule has 1 aliphatic rings. The van der Waals surface area contributed by atoms with E-state index >= 15 is 0 Å². The van der Waals surface area contributed by atoms with Crippen LogP contribution in [0.3, 0.4) is 0 Å². The zero-order valence-corrected chi connectivity index (χ0v) is 15.5. The number of nitrogens with one attached hydrogen (secondary N) is 2. The topological polar surface area (TPSA) is 92.0 Å². The van der Waals surface area contributed by atoms with Crippen LogP contribution in [0.4, 0.5) is 11.8 Å². The van der Waals surface area contributed by atoms with E-state index in [9.17, 15) is 0 Å². The molecule has 142 valence electrons. The fourth-order valence-corrected chi connectivity index (χ4v) is 3.18. The van der Waals surface area contributed by atoms with Gasteiger partial charge in [0.2, 0.25) is 5.95 Å². The van der Waals surface area contributed by atoms with Crippen molar-refractivity contribution < 1.29 is 0 Å². The molecule has 7 heteroatoms. The lowest BCUT2D eigenvalue weighted by Crippen LogP contribution is -2.31. The highest BCUT2D eigenvalue weighted by molar-refractivity contribution is 5.79. The number of pyridine rings is 1. The van der Waals surface area contributed by atoms with Crippen LogP contribution >= 0.6 is 0 Å². The van der Waals surface area contributed by atoms with Gasteiger partial charge < -0.3 is 16.5 Å². The van der Waals surface area contributed by atoms with Gasteiger partial charge in [0.25, 0.3) is 0 Å². The first-order valence-corrected chi connectivity index (χ1v) is 9.33. The summed E-state index contributed by atoms with van der Waals surface area (Å²) in [6.45, 7) is 2.69. The molecule has 3 aromatic rings. The summed E-state index contributed by atoms with van der Waals surface area (Å²) in [5.74, 6) is 1.02. The number of rotatable bonds is 7. The molecule has 3 heterocycles. The fraction of sp³-hybridized carbons (Fsp3) is 0.190. The van der Waals surface area contributed by atoms with Crippen molar-refractivity contribution in [3.05, 3.63) is 67.3 Å². The van der Waals surface area contributed by atoms with Crippen LogP contribution in [0.5, 0.6) is 0 Å². The van der Waals surface area contributed by atoms with Crippen LogP contribution in [0.2, 0.25) is 0 Å². The Kier molecular flexibility index (Phi) is 5.44. The molecule has 0 atom stereocenters. The van der Waals surface area contributed by atoms with Crippen molar-refractivity contribution in [2.75, 3.05) is 30.7 Å². The number of hydrogen-bond donors (Lipinski definition) is 3. The van der Waals surface area contributed by atoms with Crippen LogP contribution in [0.15, 0.2) is 67.3 Å². The van der Waals surface area contributed by atoms with Crippen molar-refractivity contribution in [3.8, 4) is 22.3 Å². The average molecular weight is 373 g/mol. The predicted molar refractivity (Wildman–Crippen MR) is 112 cm³/mol. The first-order valence-electron chi connectivity index (χ1n) is 9.33. The van der Waals surface area contributed by atoms with Crippen molar-refractivity contribution in [1.29, 1.82) is 0 Å². The van der Waals surface area contributed by atoms with E-state index in [2.05, 4.69) is 55.0 Å². The SMILES string of the molecule is Nc1ncc(-c2cccc(-c3ccncc3)c2)c(NCCCN2CC=CN2)n1. The molecule has 1 aliphatic heterocycles. The second-order valence-electron chi connectivity index (χ2n) is 6.56. The molecule has 0 amide bonds. The third kappa shape index (κ3) is 4.27. The van der Waals surface area contributed by atoms with Gasteiger partial charge in [0.1, 0.15) is 5.82 Å². The van der Waals surface area contributed by atoms with E-state index in [-0.39, 0.29) is 5.95 Å². The minimum absolute atomic E-state index is 0.266. The van der Waals surface area contributed by atoms with Crippen molar-refractivity contribution in [2.24, 2.45) is 0 Å². The van der Waals surface area contributed by atoms with E-state index in [1.54, 1.807) is 18.6 Å². The molecule has 0 radical (unpaired) electrons. The number of anilines is 2. The van der Waals surface area contributed by atoms with Gasteiger partial charge in [-0.3, -0.25) is 4.98 Å². The second-order valence-corrected chi connectivity index (χ2v) is 6.56. The van der Waals surface area contributed by atoms with Gasteiger partial charge in [-0.25, -0.2) is 9.99 Å². The Balaban J connectivity index is 1.51. The lowest BCUT2D eigenvalue weighted by Gasteiger charge is -2.16. The van der Waals surface area contributed by atoms with E-state index < -0.39 is 0 Å². The molecule has 0 saturated carbocycles. The highest BCUT2D eigenvalue weighted by Crippen LogP contribution is 2.30. The van der Waals surface area contributed by atoms with Gasteiger partial charge in [-0.15, -0.1) is 0 Å². The lowest BCUT2D eigenvalue weighted by atomic mass is 10.0. The third-order valence-electron chi connectivity index (χ3n) is 4.59. The molecular formula is C21H23N7. The first kappa shape index (κ1) is 17.9. The number of hydrazine groups is 1. The molecule has 7 nitrogen and oxygen atoms in total. The summed E-state index contributed by atoms with van der Waals surface area (Å²) in [5, 5.41) is 5.58. The van der Waals surface area contributed by atoms with E-state index in [0.717, 1.165) is 54.1 Å². The number of nitrogens with zero attached hydrogens (tertiary/aromatic N) is 4. The van der Waals surface area contributed by atoms with Crippen molar-refractivity contribution in [2.45, 2.75) is 6.42 Å². The molecule has 28 heavy (non-hydrogen) atoms. The summed E-state index contributed by atoms with van der Waals surface area (Å²) in [6.07, 6.45) is 10.4. The Morgan fingerprint density at radius 1 is 1.11 bits per heavy atom. The smallest absolute Gasteiger partial charge is 0.221 e. The molecule has 0 fully saturated rings. The second kappa shape index (κ2) is 8.49. The van der Waals surface area contributed by atoms with Crippen LogP contribution < -0.4 is 16.5 Å². The van der Waals surface area contributed by atoms with E-state index in [1.165, 1.54) is 0 Å². The summed E-state index contributed by atoms with van der Waals surface area (Å²) in [6, 6.07) is 12.3. The Morgan fingerprint density at radius 2 is 1.96 bits per heavy atom. The Morgan fingerprint density at radius 3 is 2.79 bits per heavy atom. The summed E-state index contributed by atoms with van der Waals surface area (Å²) in [7, 11) is 0. The van der Waals surface area contributed by atoms with Gasteiger partial charge in [0.15, 0.2) is 0 Å². The van der Waals surface area contributed by atoms with Crippen LogP contribution in [0.25, 0.3) is 22.3 Å². The number of nitrogens with two attached hydrogens (primary N) is 1. The summed E-state index contributed by atoms with van der Waals surface area (Å²) in [5.41, 5.74) is 13.3. The molecule has 0 spiro atoms. The minimum atomic E-state index is 0.266. The largest absolute Gasteiger partial charge is 0.369 e. The Hall–Kier alpha value is -3.45. The Bertz CT molecular complexity index is 948. The standard InChI is InChI=1S/C21H23N7/c22-21-25-15-19(20(27-21)24-8-2-12-28-13-3-9-26-28)18-5-1-4-17(14-18)16-6-10-23-11-7-16/h1,3-7,9-11,14-15,26H,2,8,12-13H2,(H3,22,24,25,27). The monoisotopic (exact) mass is 373 g/mol. The molecule has 4 rings (SSSR count). The van der Waals surface area contributed by atoms with Gasteiger partial charge in [-0.2, -0.15) is 4.98 Å². The molecular weight excluding hydrogens is 350 g/mol. The summed E-state index contributed by atoms with van der Waals surface area (Å²) in [4.78, 5) is 12.7. The fourth-order valence-electron chi connectivity index (χ4n) is 3.18. The van der Waals surface area contributed by atoms with Crippen molar-refractivity contribution >= 4 is 11.8 Å². The van der Waals surface area contributed by atoms with Crippen LogP contribution in [0.1, 0.15) is 6.42 Å². The molecule has 0 saturated heterocycles. The highest BCUT2D eigenvalue weighted by Gasteiger charge is 2.10. The van der Waals surface area contributed by atoms with E-state index in [1.807, 2.05) is 24.4 Å². The molecule has 2 aromatic heterocycles. The van der Waals surface area contributed by atoms with E-state index in [0.29, 0.717) is 0 Å². The maximum atomic E-state index is 5.83. The highest BCUT2D eigenvalue weighted by atomic mass is 15.5. The van der Waals surface area contributed by atoms with Crippen LogP contribution in [-0.4, -0.2) is 39.6 Å². The molecule has 0 bridgehead atoms. The van der Waals surface area contributed by atoms with Crippen molar-refractivity contribution in [1.82, 2.24) is 25.4 Å². The molecule has 4 N–H and O–H groups in total. The first-order chi connectivity index (χ1) is 13.8. The van der Waals surface area contributed by atoms with Gasteiger partial charge in [-0.1, -0.05) is 24.3 Å². The Labute approximate surface area is 164 Å². The minimum Gasteiger partial charge on any atom is -0.369 e.